The van der Waals surface area contributed by atoms with Gasteiger partial charge in [0, 0.05) is 11.6 Å². The second-order valence-corrected chi connectivity index (χ2v) is 5.46. The molecule has 0 aliphatic carbocycles. The number of ether oxygens (including phenoxy) is 1. The van der Waals surface area contributed by atoms with Crippen LogP contribution in [0.3, 0.4) is 0 Å². The number of halogens is 1. The van der Waals surface area contributed by atoms with Gasteiger partial charge in [0.05, 0.1) is 0 Å². The molecule has 0 unspecified atom stereocenters. The van der Waals surface area contributed by atoms with E-state index < -0.39 is 5.60 Å². The first-order valence-electron chi connectivity index (χ1n) is 5.68. The van der Waals surface area contributed by atoms with E-state index in [0.29, 0.717) is 10.8 Å². The van der Waals surface area contributed by atoms with Crippen molar-refractivity contribution in [1.82, 2.24) is 9.55 Å². The highest BCUT2D eigenvalue weighted by Gasteiger charge is 2.17. The molecule has 2 heterocycles. The molecule has 0 aliphatic rings. The Morgan fingerprint density at radius 1 is 1.39 bits per heavy atom. The molecule has 2 rings (SSSR count). The van der Waals surface area contributed by atoms with Gasteiger partial charge in [-0.2, -0.15) is 0 Å². The zero-order valence-corrected chi connectivity index (χ0v) is 11.4. The fraction of sp³-hybridized carbons (Fsp3) is 0.385. The van der Waals surface area contributed by atoms with Crippen LogP contribution in [0.2, 0.25) is 5.15 Å². The van der Waals surface area contributed by atoms with Gasteiger partial charge in [0.25, 0.3) is 0 Å². The van der Waals surface area contributed by atoms with E-state index in [0.717, 1.165) is 5.39 Å². The molecule has 0 radical (unpaired) electrons. The van der Waals surface area contributed by atoms with E-state index in [4.69, 9.17) is 16.3 Å². The van der Waals surface area contributed by atoms with Gasteiger partial charge in [-0.05, 0) is 39.0 Å². The zero-order chi connectivity index (χ0) is 13.3. The standard InChI is InChI=1S/C13H15ClN2O2/c1-13(2,3)18-11(17)8-16-7-6-9-4-5-10(14)15-12(9)16/h4-7H,8H2,1-3H3. The minimum Gasteiger partial charge on any atom is -0.459 e. The highest BCUT2D eigenvalue weighted by Crippen LogP contribution is 2.17. The lowest BCUT2D eigenvalue weighted by Crippen LogP contribution is -2.26. The van der Waals surface area contributed by atoms with Crippen LogP contribution in [0.25, 0.3) is 11.0 Å². The van der Waals surface area contributed by atoms with Gasteiger partial charge in [-0.25, -0.2) is 4.98 Å². The number of carbonyl (C=O) groups is 1. The Kier molecular flexibility index (Phi) is 3.30. The predicted octanol–water partition coefficient (Wildman–Crippen LogP) is 3.03. The summed E-state index contributed by atoms with van der Waals surface area (Å²) in [6.45, 7) is 5.66. The van der Waals surface area contributed by atoms with E-state index in [1.165, 1.54) is 0 Å². The fourth-order valence-electron chi connectivity index (χ4n) is 1.68. The molecule has 96 valence electrons. The van der Waals surface area contributed by atoms with Crippen molar-refractivity contribution in [2.24, 2.45) is 0 Å². The third-order valence-electron chi connectivity index (χ3n) is 2.30. The summed E-state index contributed by atoms with van der Waals surface area (Å²) in [6, 6.07) is 5.49. The third-order valence-corrected chi connectivity index (χ3v) is 2.51. The average molecular weight is 267 g/mol. The Balaban J connectivity index is 2.22. The number of nitrogens with zero attached hydrogens (tertiary/aromatic N) is 2. The Morgan fingerprint density at radius 2 is 2.11 bits per heavy atom. The van der Waals surface area contributed by atoms with Crippen LogP contribution in [0.4, 0.5) is 0 Å². The minimum absolute atomic E-state index is 0.133. The van der Waals surface area contributed by atoms with E-state index in [-0.39, 0.29) is 12.5 Å². The number of hydrogen-bond acceptors (Lipinski definition) is 3. The molecule has 0 atom stereocenters. The first-order valence-corrected chi connectivity index (χ1v) is 6.06. The van der Waals surface area contributed by atoms with Crippen molar-refractivity contribution in [3.63, 3.8) is 0 Å². The smallest absolute Gasteiger partial charge is 0.326 e. The molecule has 0 fully saturated rings. The second kappa shape index (κ2) is 4.61. The van der Waals surface area contributed by atoms with Crippen LogP contribution in [0, 0.1) is 0 Å². The molecular formula is C13H15ClN2O2. The molecule has 0 aliphatic heterocycles. The average Bonchev–Trinajstić information content (AvgIpc) is 2.58. The van der Waals surface area contributed by atoms with Gasteiger partial charge < -0.3 is 9.30 Å². The first-order chi connectivity index (χ1) is 8.35. The SMILES string of the molecule is CC(C)(C)OC(=O)Cn1ccc2ccc(Cl)nc21. The number of fused-ring (bicyclic) bond motifs is 1. The van der Waals surface area contributed by atoms with Crippen LogP contribution in [0.15, 0.2) is 24.4 Å². The van der Waals surface area contributed by atoms with Crippen LogP contribution < -0.4 is 0 Å². The molecule has 0 saturated heterocycles. The summed E-state index contributed by atoms with van der Waals surface area (Å²) in [5.74, 6) is -0.290. The molecule has 2 aromatic heterocycles. The maximum absolute atomic E-state index is 11.8. The van der Waals surface area contributed by atoms with Crippen molar-refractivity contribution in [3.05, 3.63) is 29.5 Å². The number of pyridine rings is 1. The summed E-state index contributed by atoms with van der Waals surface area (Å²) in [4.78, 5) is 16.0. The molecule has 5 heteroatoms. The number of carbonyl (C=O) groups excluding carboxylic acids is 1. The molecule has 0 amide bonds. The van der Waals surface area contributed by atoms with Crippen molar-refractivity contribution in [3.8, 4) is 0 Å². The highest BCUT2D eigenvalue weighted by atomic mass is 35.5. The number of hydrogen-bond donors (Lipinski definition) is 0. The molecule has 0 aromatic carbocycles. The van der Waals surface area contributed by atoms with Gasteiger partial charge in [0.1, 0.15) is 22.9 Å². The van der Waals surface area contributed by atoms with E-state index in [1.54, 1.807) is 16.8 Å². The Hall–Kier alpha value is -1.55. The van der Waals surface area contributed by atoms with E-state index in [9.17, 15) is 4.79 Å². The normalized spacial score (nSPS) is 11.8. The molecular weight excluding hydrogens is 252 g/mol. The minimum atomic E-state index is -0.481. The number of esters is 1. The highest BCUT2D eigenvalue weighted by molar-refractivity contribution is 6.29. The molecule has 0 bridgehead atoms. The van der Waals surface area contributed by atoms with Gasteiger partial charge in [0.15, 0.2) is 0 Å². The maximum atomic E-state index is 11.8. The number of aromatic nitrogens is 2. The Bertz CT molecular complexity index is 584. The van der Waals surface area contributed by atoms with Gasteiger partial charge in [-0.1, -0.05) is 11.6 Å². The quantitative estimate of drug-likeness (QED) is 0.620. The van der Waals surface area contributed by atoms with Gasteiger partial charge >= 0.3 is 5.97 Å². The van der Waals surface area contributed by atoms with E-state index in [2.05, 4.69) is 4.98 Å². The summed E-state index contributed by atoms with van der Waals surface area (Å²) >= 11 is 5.85. The van der Waals surface area contributed by atoms with Crippen LogP contribution in [0.5, 0.6) is 0 Å². The summed E-state index contributed by atoms with van der Waals surface area (Å²) in [5, 5.41) is 1.36. The predicted molar refractivity (Wildman–Crippen MR) is 70.6 cm³/mol. The third kappa shape index (κ3) is 3.01. The second-order valence-electron chi connectivity index (χ2n) is 5.08. The summed E-state index contributed by atoms with van der Waals surface area (Å²) in [5.41, 5.74) is 0.207. The maximum Gasteiger partial charge on any atom is 0.326 e. The van der Waals surface area contributed by atoms with Gasteiger partial charge in [0.2, 0.25) is 0 Å². The Labute approximate surface area is 111 Å². The van der Waals surface area contributed by atoms with Crippen molar-refractivity contribution in [1.29, 1.82) is 0 Å². The van der Waals surface area contributed by atoms with Gasteiger partial charge in [-0.3, -0.25) is 4.79 Å². The Morgan fingerprint density at radius 3 is 2.78 bits per heavy atom. The first kappa shape index (κ1) is 12.9. The lowest BCUT2D eigenvalue weighted by atomic mass is 10.2. The van der Waals surface area contributed by atoms with Crippen molar-refractivity contribution >= 4 is 28.6 Å². The summed E-state index contributed by atoms with van der Waals surface area (Å²) < 4.78 is 7.00. The van der Waals surface area contributed by atoms with Crippen molar-refractivity contribution in [2.45, 2.75) is 32.9 Å². The lowest BCUT2D eigenvalue weighted by molar-refractivity contribution is -0.155. The zero-order valence-electron chi connectivity index (χ0n) is 10.6. The largest absolute Gasteiger partial charge is 0.459 e. The monoisotopic (exact) mass is 266 g/mol. The van der Waals surface area contributed by atoms with Gasteiger partial charge in [-0.15, -0.1) is 0 Å². The van der Waals surface area contributed by atoms with E-state index >= 15 is 0 Å². The van der Waals surface area contributed by atoms with Crippen LogP contribution in [0.1, 0.15) is 20.8 Å². The van der Waals surface area contributed by atoms with E-state index in [1.807, 2.05) is 32.9 Å². The van der Waals surface area contributed by atoms with Crippen LogP contribution in [-0.4, -0.2) is 21.1 Å². The molecule has 4 nitrogen and oxygen atoms in total. The molecule has 18 heavy (non-hydrogen) atoms. The fourth-order valence-corrected chi connectivity index (χ4v) is 1.82. The lowest BCUT2D eigenvalue weighted by Gasteiger charge is -2.19. The summed E-state index contributed by atoms with van der Waals surface area (Å²) in [6.07, 6.45) is 1.80. The number of rotatable bonds is 2. The van der Waals surface area contributed by atoms with Crippen molar-refractivity contribution < 1.29 is 9.53 Å². The van der Waals surface area contributed by atoms with Crippen molar-refractivity contribution in [2.75, 3.05) is 0 Å². The molecule has 0 N–H and O–H groups in total. The molecule has 0 saturated carbocycles. The topological polar surface area (TPSA) is 44.1 Å². The molecule has 0 spiro atoms. The van der Waals surface area contributed by atoms with Crippen LogP contribution in [-0.2, 0) is 16.1 Å². The molecule has 2 aromatic rings. The summed E-state index contributed by atoms with van der Waals surface area (Å²) in [7, 11) is 0. The van der Waals surface area contributed by atoms with Crippen LogP contribution >= 0.6 is 11.6 Å².